The number of nitrogens with one attached hydrogen (secondary N) is 1. The third kappa shape index (κ3) is 4.99. The monoisotopic (exact) mass is 403 g/mol. The largest absolute Gasteiger partial charge is 0.460 e. The summed E-state index contributed by atoms with van der Waals surface area (Å²) in [6.07, 6.45) is 1.46. The zero-order valence-corrected chi connectivity index (χ0v) is 16.4. The van der Waals surface area contributed by atoms with Crippen molar-refractivity contribution in [2.75, 3.05) is 5.75 Å². The molecule has 7 nitrogen and oxygen atoms in total. The Kier molecular flexibility index (Phi) is 6.31. The van der Waals surface area contributed by atoms with Gasteiger partial charge in [-0.05, 0) is 50.2 Å². The van der Waals surface area contributed by atoms with Crippen LogP contribution in [0.2, 0.25) is 5.02 Å². The van der Waals surface area contributed by atoms with Crippen molar-refractivity contribution in [3.63, 3.8) is 0 Å². The second-order valence-corrected chi connectivity index (χ2v) is 6.97. The molecule has 0 unspecified atom stereocenters. The lowest BCUT2D eigenvalue weighted by Crippen LogP contribution is -2.20. The van der Waals surface area contributed by atoms with E-state index in [0.29, 0.717) is 22.5 Å². The van der Waals surface area contributed by atoms with Gasteiger partial charge in [0.25, 0.3) is 5.91 Å². The van der Waals surface area contributed by atoms with E-state index in [2.05, 4.69) is 20.7 Å². The third-order valence-corrected chi connectivity index (χ3v) is 4.83. The van der Waals surface area contributed by atoms with Crippen molar-refractivity contribution in [2.45, 2.75) is 25.5 Å². The molecule has 0 aliphatic carbocycles. The molecule has 0 spiro atoms. The standard InChI is InChI=1S/C18H18ClN5O2S/c1-3-24-17(13-5-7-14(19)8-6-13)22-23-18(24)27-11-16(25)21-20-10-15-9-4-12(2)26-15/h4-10H,3,11H2,1-2H3,(H,21,25). The molecule has 0 saturated carbocycles. The lowest BCUT2D eigenvalue weighted by molar-refractivity contribution is -0.118. The van der Waals surface area contributed by atoms with Gasteiger partial charge in [0.05, 0.1) is 12.0 Å². The van der Waals surface area contributed by atoms with Crippen LogP contribution in [0.5, 0.6) is 0 Å². The minimum atomic E-state index is -0.238. The number of nitrogens with zero attached hydrogens (tertiary/aromatic N) is 4. The highest BCUT2D eigenvalue weighted by Gasteiger charge is 2.14. The van der Waals surface area contributed by atoms with Crippen LogP contribution in [0.3, 0.4) is 0 Å². The van der Waals surface area contributed by atoms with Crippen molar-refractivity contribution in [3.05, 3.63) is 52.9 Å². The zero-order chi connectivity index (χ0) is 19.2. The van der Waals surface area contributed by atoms with E-state index in [0.717, 1.165) is 17.1 Å². The molecule has 27 heavy (non-hydrogen) atoms. The van der Waals surface area contributed by atoms with Gasteiger partial charge in [-0.3, -0.25) is 4.79 Å². The molecule has 0 radical (unpaired) electrons. The Bertz CT molecular complexity index is 949. The first-order valence-electron chi connectivity index (χ1n) is 8.27. The molecule has 9 heteroatoms. The smallest absolute Gasteiger partial charge is 0.250 e. The molecule has 2 aromatic heterocycles. The Morgan fingerprint density at radius 3 is 2.74 bits per heavy atom. The number of carbonyl (C=O) groups is 1. The van der Waals surface area contributed by atoms with Gasteiger partial charge < -0.3 is 8.98 Å². The predicted octanol–water partition coefficient (Wildman–Crippen LogP) is 3.76. The second kappa shape index (κ2) is 8.88. The second-order valence-electron chi connectivity index (χ2n) is 5.59. The third-order valence-electron chi connectivity index (χ3n) is 3.61. The number of hydrazone groups is 1. The molecule has 0 bridgehead atoms. The van der Waals surface area contributed by atoms with E-state index in [-0.39, 0.29) is 11.7 Å². The number of benzene rings is 1. The summed E-state index contributed by atoms with van der Waals surface area (Å²) in [6.45, 7) is 4.53. The van der Waals surface area contributed by atoms with Gasteiger partial charge in [0, 0.05) is 17.1 Å². The normalized spacial score (nSPS) is 11.2. The first kappa shape index (κ1) is 19.2. The van der Waals surface area contributed by atoms with E-state index >= 15 is 0 Å². The Labute approximate surface area is 165 Å². The van der Waals surface area contributed by atoms with Gasteiger partial charge in [-0.25, -0.2) is 5.43 Å². The highest BCUT2D eigenvalue weighted by atomic mass is 35.5. The Hall–Kier alpha value is -2.58. The number of carbonyl (C=O) groups excluding carboxylic acids is 1. The fourth-order valence-electron chi connectivity index (χ4n) is 2.35. The Balaban J connectivity index is 1.59. The van der Waals surface area contributed by atoms with Crippen molar-refractivity contribution >= 4 is 35.5 Å². The number of thioether (sulfide) groups is 1. The Morgan fingerprint density at radius 1 is 1.30 bits per heavy atom. The van der Waals surface area contributed by atoms with Gasteiger partial charge in [0.2, 0.25) is 0 Å². The maximum Gasteiger partial charge on any atom is 0.250 e. The summed E-state index contributed by atoms with van der Waals surface area (Å²) in [7, 11) is 0. The van der Waals surface area contributed by atoms with Crippen LogP contribution in [-0.4, -0.2) is 32.6 Å². The van der Waals surface area contributed by atoms with Crippen LogP contribution < -0.4 is 5.43 Å². The minimum Gasteiger partial charge on any atom is -0.460 e. The van der Waals surface area contributed by atoms with Crippen molar-refractivity contribution in [1.29, 1.82) is 0 Å². The molecule has 0 atom stereocenters. The van der Waals surface area contributed by atoms with E-state index in [1.165, 1.54) is 18.0 Å². The molecule has 3 rings (SSSR count). The summed E-state index contributed by atoms with van der Waals surface area (Å²) in [5.74, 6) is 2.04. The maximum atomic E-state index is 12.0. The number of halogens is 1. The van der Waals surface area contributed by atoms with Gasteiger partial charge in [-0.2, -0.15) is 5.10 Å². The fourth-order valence-corrected chi connectivity index (χ4v) is 3.27. The number of rotatable bonds is 7. The predicted molar refractivity (Wildman–Crippen MR) is 106 cm³/mol. The fraction of sp³-hybridized carbons (Fsp3) is 0.222. The van der Waals surface area contributed by atoms with Crippen LogP contribution >= 0.6 is 23.4 Å². The van der Waals surface area contributed by atoms with Gasteiger partial charge in [-0.1, -0.05) is 23.4 Å². The molecular formula is C18H18ClN5O2S. The van der Waals surface area contributed by atoms with Crippen molar-refractivity contribution < 1.29 is 9.21 Å². The molecule has 0 saturated heterocycles. The molecular weight excluding hydrogens is 386 g/mol. The number of amides is 1. The summed E-state index contributed by atoms with van der Waals surface area (Å²) in [5, 5.41) is 13.7. The van der Waals surface area contributed by atoms with Gasteiger partial charge in [-0.15, -0.1) is 10.2 Å². The van der Waals surface area contributed by atoms with E-state index < -0.39 is 0 Å². The number of hydrogen-bond acceptors (Lipinski definition) is 6. The zero-order valence-electron chi connectivity index (χ0n) is 14.8. The quantitative estimate of drug-likeness (QED) is 0.369. The van der Waals surface area contributed by atoms with Crippen molar-refractivity contribution in [2.24, 2.45) is 5.10 Å². The highest BCUT2D eigenvalue weighted by molar-refractivity contribution is 7.99. The molecule has 2 heterocycles. The number of furan rings is 1. The summed E-state index contributed by atoms with van der Waals surface area (Å²) in [4.78, 5) is 12.0. The van der Waals surface area contributed by atoms with Crippen LogP contribution in [-0.2, 0) is 11.3 Å². The maximum absolute atomic E-state index is 12.0. The molecule has 3 aromatic rings. The number of hydrogen-bond donors (Lipinski definition) is 1. The molecule has 140 valence electrons. The molecule has 0 fully saturated rings. The first-order chi connectivity index (χ1) is 13.1. The highest BCUT2D eigenvalue weighted by Crippen LogP contribution is 2.24. The molecule has 1 N–H and O–H groups in total. The molecule has 1 aromatic carbocycles. The minimum absolute atomic E-state index is 0.174. The summed E-state index contributed by atoms with van der Waals surface area (Å²) in [6, 6.07) is 11.0. The van der Waals surface area contributed by atoms with Crippen molar-refractivity contribution in [1.82, 2.24) is 20.2 Å². The topological polar surface area (TPSA) is 85.3 Å². The number of aromatic nitrogens is 3. The lowest BCUT2D eigenvalue weighted by atomic mass is 10.2. The van der Waals surface area contributed by atoms with E-state index in [1.54, 1.807) is 6.07 Å². The van der Waals surface area contributed by atoms with Crippen LogP contribution in [0.15, 0.2) is 51.1 Å². The van der Waals surface area contributed by atoms with Crippen LogP contribution in [0, 0.1) is 6.92 Å². The van der Waals surface area contributed by atoms with E-state index in [9.17, 15) is 4.79 Å². The molecule has 0 aliphatic rings. The van der Waals surface area contributed by atoms with E-state index in [4.69, 9.17) is 16.0 Å². The summed E-state index contributed by atoms with van der Waals surface area (Å²) in [5.41, 5.74) is 3.39. The first-order valence-corrected chi connectivity index (χ1v) is 9.63. The molecule has 0 aliphatic heterocycles. The summed E-state index contributed by atoms with van der Waals surface area (Å²) >= 11 is 7.24. The van der Waals surface area contributed by atoms with Crippen LogP contribution in [0.25, 0.3) is 11.4 Å². The van der Waals surface area contributed by atoms with Gasteiger partial charge >= 0.3 is 0 Å². The summed E-state index contributed by atoms with van der Waals surface area (Å²) < 4.78 is 7.30. The lowest BCUT2D eigenvalue weighted by Gasteiger charge is -2.07. The Morgan fingerprint density at radius 2 is 2.07 bits per heavy atom. The number of aryl methyl sites for hydroxylation is 1. The SMILES string of the molecule is CCn1c(SCC(=O)NN=Cc2ccc(C)o2)nnc1-c1ccc(Cl)cc1. The van der Waals surface area contributed by atoms with Gasteiger partial charge in [0.15, 0.2) is 11.0 Å². The van der Waals surface area contributed by atoms with E-state index in [1.807, 2.05) is 48.7 Å². The van der Waals surface area contributed by atoms with Crippen LogP contribution in [0.1, 0.15) is 18.4 Å². The van der Waals surface area contributed by atoms with Gasteiger partial charge in [0.1, 0.15) is 11.5 Å². The average Bonchev–Trinajstić information content (AvgIpc) is 3.26. The molecule has 1 amide bonds. The van der Waals surface area contributed by atoms with Crippen molar-refractivity contribution in [3.8, 4) is 11.4 Å². The van der Waals surface area contributed by atoms with Crippen LogP contribution in [0.4, 0.5) is 0 Å². The average molecular weight is 404 g/mol.